The lowest BCUT2D eigenvalue weighted by molar-refractivity contribution is 0.199. The third kappa shape index (κ3) is 2.95. The summed E-state index contributed by atoms with van der Waals surface area (Å²) in [6.45, 7) is 1.97. The minimum absolute atomic E-state index is 0.182. The minimum Gasteiger partial charge on any atom is -0.493 e. The van der Waals surface area contributed by atoms with E-state index < -0.39 is 0 Å². The summed E-state index contributed by atoms with van der Waals surface area (Å²) in [7, 11) is 3.73. The molecule has 1 unspecified atom stereocenters. The van der Waals surface area contributed by atoms with E-state index in [9.17, 15) is 0 Å². The van der Waals surface area contributed by atoms with Crippen LogP contribution in [0.15, 0.2) is 28.8 Å². The maximum Gasteiger partial charge on any atom is 0.222 e. The number of nitrogens with zero attached hydrogens (tertiary/aromatic N) is 2. The topological polar surface area (TPSA) is 73.8 Å². The number of likely N-dealkylation sites (tertiary alicyclic amines) is 1. The number of nitrogens with two attached hydrogens (primary N) is 1. The van der Waals surface area contributed by atoms with Crippen molar-refractivity contribution in [3.63, 3.8) is 0 Å². The Balaban J connectivity index is 1.86. The molecule has 6 nitrogen and oxygen atoms in total. The quantitative estimate of drug-likeness (QED) is 0.928. The van der Waals surface area contributed by atoms with E-state index in [-0.39, 0.29) is 6.10 Å². The zero-order valence-corrected chi connectivity index (χ0v) is 12.2. The number of hydrogen-bond donors (Lipinski definition) is 1. The van der Waals surface area contributed by atoms with Crippen LogP contribution in [-0.4, -0.2) is 43.4 Å². The molecule has 1 atom stereocenters. The van der Waals surface area contributed by atoms with Gasteiger partial charge in [-0.05, 0) is 31.7 Å². The zero-order chi connectivity index (χ0) is 14.8. The molecular formula is C15H19N3O3. The van der Waals surface area contributed by atoms with Gasteiger partial charge in [-0.15, -0.1) is 0 Å². The molecule has 1 aromatic heterocycles. The summed E-state index contributed by atoms with van der Waals surface area (Å²) >= 11 is 0. The molecule has 0 amide bonds. The number of aromatic nitrogens is 1. The van der Waals surface area contributed by atoms with Crippen LogP contribution in [0.25, 0.3) is 11.3 Å². The molecule has 112 valence electrons. The number of hydrogen-bond acceptors (Lipinski definition) is 6. The van der Waals surface area contributed by atoms with Crippen LogP contribution in [0.5, 0.6) is 11.5 Å². The number of benzene rings is 1. The lowest BCUT2D eigenvalue weighted by atomic mass is 10.1. The largest absolute Gasteiger partial charge is 0.493 e. The summed E-state index contributed by atoms with van der Waals surface area (Å²) < 4.78 is 16.4. The molecule has 1 aliphatic rings. The van der Waals surface area contributed by atoms with E-state index in [1.54, 1.807) is 13.2 Å². The van der Waals surface area contributed by atoms with Crippen LogP contribution >= 0.6 is 0 Å². The van der Waals surface area contributed by atoms with Gasteiger partial charge < -0.3 is 24.6 Å². The van der Waals surface area contributed by atoms with E-state index in [1.165, 1.54) is 0 Å². The molecule has 2 aromatic rings. The van der Waals surface area contributed by atoms with Crippen LogP contribution in [0.2, 0.25) is 0 Å². The number of ether oxygens (including phenoxy) is 2. The molecule has 2 heterocycles. The van der Waals surface area contributed by atoms with Crippen LogP contribution < -0.4 is 15.2 Å². The Kier molecular flexibility index (Phi) is 3.70. The van der Waals surface area contributed by atoms with Crippen molar-refractivity contribution in [2.24, 2.45) is 0 Å². The number of rotatable bonds is 4. The molecule has 1 fully saturated rings. The van der Waals surface area contributed by atoms with Crippen LogP contribution in [-0.2, 0) is 0 Å². The summed E-state index contributed by atoms with van der Waals surface area (Å²) in [6, 6.07) is 7.38. The summed E-state index contributed by atoms with van der Waals surface area (Å²) in [5.41, 5.74) is 7.14. The molecule has 0 spiro atoms. The molecule has 0 radical (unpaired) electrons. The smallest absolute Gasteiger partial charge is 0.222 e. The maximum atomic E-state index is 6.08. The minimum atomic E-state index is 0.182. The highest BCUT2D eigenvalue weighted by Gasteiger charge is 2.22. The first-order valence-electron chi connectivity index (χ1n) is 6.91. The Bertz CT molecular complexity index is 626. The van der Waals surface area contributed by atoms with Crippen molar-refractivity contribution < 1.29 is 14.0 Å². The highest BCUT2D eigenvalue weighted by molar-refractivity contribution is 5.65. The number of likely N-dealkylation sites (N-methyl/N-ethyl adjacent to an activating group) is 1. The predicted molar refractivity (Wildman–Crippen MR) is 79.4 cm³/mol. The van der Waals surface area contributed by atoms with E-state index in [1.807, 2.05) is 18.2 Å². The summed E-state index contributed by atoms with van der Waals surface area (Å²) in [6.07, 6.45) is 1.20. The van der Waals surface area contributed by atoms with E-state index in [2.05, 4.69) is 17.1 Å². The molecule has 1 aromatic carbocycles. The van der Waals surface area contributed by atoms with E-state index in [4.69, 9.17) is 19.7 Å². The first-order valence-corrected chi connectivity index (χ1v) is 6.91. The van der Waals surface area contributed by atoms with Gasteiger partial charge in [0.15, 0.2) is 11.5 Å². The first-order chi connectivity index (χ1) is 10.2. The van der Waals surface area contributed by atoms with Gasteiger partial charge in [-0.3, -0.25) is 0 Å². The van der Waals surface area contributed by atoms with Crippen molar-refractivity contribution >= 4 is 5.88 Å². The van der Waals surface area contributed by atoms with Crippen molar-refractivity contribution in [3.8, 4) is 22.8 Å². The SMILES string of the molecule is COc1ccc(-c2cc(N)on2)cc1OC1CCN(C)C1. The van der Waals surface area contributed by atoms with Gasteiger partial charge in [0.2, 0.25) is 5.88 Å². The van der Waals surface area contributed by atoms with Crippen molar-refractivity contribution in [1.29, 1.82) is 0 Å². The average molecular weight is 289 g/mol. The second kappa shape index (κ2) is 5.65. The lowest BCUT2D eigenvalue weighted by Gasteiger charge is -2.16. The average Bonchev–Trinajstić information content (AvgIpc) is 3.08. The lowest BCUT2D eigenvalue weighted by Crippen LogP contribution is -2.21. The molecule has 0 bridgehead atoms. The molecule has 21 heavy (non-hydrogen) atoms. The molecule has 1 saturated heterocycles. The Labute approximate surface area is 123 Å². The van der Waals surface area contributed by atoms with Crippen LogP contribution in [0.3, 0.4) is 0 Å². The molecular weight excluding hydrogens is 270 g/mol. The highest BCUT2D eigenvalue weighted by Crippen LogP contribution is 2.34. The van der Waals surface area contributed by atoms with E-state index in [0.29, 0.717) is 17.3 Å². The first kappa shape index (κ1) is 13.8. The molecule has 0 saturated carbocycles. The van der Waals surface area contributed by atoms with Gasteiger partial charge in [0.05, 0.1) is 7.11 Å². The molecule has 3 rings (SSSR count). The molecule has 6 heteroatoms. The Hall–Kier alpha value is -2.21. The van der Waals surface area contributed by atoms with E-state index >= 15 is 0 Å². The standard InChI is InChI=1S/C15H19N3O3/c1-18-6-5-11(9-18)20-14-7-10(3-4-13(14)19-2)12-8-15(16)21-17-12/h3-4,7-8,11H,5-6,9,16H2,1-2H3. The predicted octanol–water partition coefficient (Wildman–Crippen LogP) is 2.02. The van der Waals surface area contributed by atoms with Gasteiger partial charge >= 0.3 is 0 Å². The Morgan fingerprint density at radius 2 is 2.19 bits per heavy atom. The van der Waals surface area contributed by atoms with Crippen LogP contribution in [0.4, 0.5) is 5.88 Å². The maximum absolute atomic E-state index is 6.08. The zero-order valence-electron chi connectivity index (χ0n) is 12.2. The molecule has 2 N–H and O–H groups in total. The van der Waals surface area contributed by atoms with Crippen molar-refractivity contribution in [1.82, 2.24) is 10.1 Å². The molecule has 1 aliphatic heterocycles. The number of anilines is 1. The Morgan fingerprint density at radius 3 is 2.81 bits per heavy atom. The fourth-order valence-electron chi connectivity index (χ4n) is 2.52. The summed E-state index contributed by atoms with van der Waals surface area (Å²) in [5.74, 6) is 1.72. The van der Waals surface area contributed by atoms with Crippen LogP contribution in [0, 0.1) is 0 Å². The molecule has 0 aliphatic carbocycles. The third-order valence-electron chi connectivity index (χ3n) is 3.63. The van der Waals surface area contributed by atoms with Gasteiger partial charge in [-0.2, -0.15) is 0 Å². The second-order valence-electron chi connectivity index (χ2n) is 5.27. The normalized spacial score (nSPS) is 18.9. The van der Waals surface area contributed by atoms with Gasteiger partial charge in [-0.1, -0.05) is 5.16 Å². The van der Waals surface area contributed by atoms with Crippen molar-refractivity contribution in [3.05, 3.63) is 24.3 Å². The van der Waals surface area contributed by atoms with E-state index in [0.717, 1.165) is 30.8 Å². The summed E-state index contributed by atoms with van der Waals surface area (Å²) in [5, 5.41) is 3.92. The van der Waals surface area contributed by atoms with Crippen LogP contribution in [0.1, 0.15) is 6.42 Å². The fourth-order valence-corrected chi connectivity index (χ4v) is 2.52. The van der Waals surface area contributed by atoms with Gasteiger partial charge in [-0.25, -0.2) is 0 Å². The van der Waals surface area contributed by atoms with Crippen molar-refractivity contribution in [2.75, 3.05) is 33.0 Å². The van der Waals surface area contributed by atoms with Gasteiger partial charge in [0, 0.05) is 24.7 Å². The van der Waals surface area contributed by atoms with Gasteiger partial charge in [0.1, 0.15) is 11.8 Å². The highest BCUT2D eigenvalue weighted by atomic mass is 16.5. The monoisotopic (exact) mass is 289 g/mol. The fraction of sp³-hybridized carbons (Fsp3) is 0.400. The van der Waals surface area contributed by atoms with Crippen molar-refractivity contribution in [2.45, 2.75) is 12.5 Å². The van der Waals surface area contributed by atoms with Gasteiger partial charge in [0.25, 0.3) is 0 Å². The summed E-state index contributed by atoms with van der Waals surface area (Å²) in [4.78, 5) is 2.25. The number of methoxy groups -OCH3 is 1. The number of nitrogen functional groups attached to an aromatic ring is 1. The third-order valence-corrected chi connectivity index (χ3v) is 3.63. The Morgan fingerprint density at radius 1 is 1.33 bits per heavy atom. The second-order valence-corrected chi connectivity index (χ2v) is 5.27.